The van der Waals surface area contributed by atoms with E-state index in [1.54, 1.807) is 36.4 Å². The van der Waals surface area contributed by atoms with Gasteiger partial charge >= 0.3 is 0 Å². The minimum Gasteiger partial charge on any atom is -0.492 e. The highest BCUT2D eigenvalue weighted by atomic mass is 35.5. The molecule has 5 heteroatoms. The van der Waals surface area contributed by atoms with E-state index < -0.39 is 0 Å². The summed E-state index contributed by atoms with van der Waals surface area (Å²) in [6.45, 7) is 2.42. The first-order valence-electron chi connectivity index (χ1n) is 5.76. The van der Waals surface area contributed by atoms with Gasteiger partial charge in [-0.05, 0) is 31.2 Å². The van der Waals surface area contributed by atoms with Crippen LogP contribution >= 0.6 is 23.2 Å². The molecule has 0 unspecified atom stereocenters. The summed E-state index contributed by atoms with van der Waals surface area (Å²) in [6.07, 6.45) is 0. The van der Waals surface area contributed by atoms with Crippen LogP contribution < -0.4 is 15.2 Å². The van der Waals surface area contributed by atoms with Crippen molar-refractivity contribution in [1.29, 1.82) is 0 Å². The summed E-state index contributed by atoms with van der Waals surface area (Å²) in [7, 11) is 0. The summed E-state index contributed by atoms with van der Waals surface area (Å²) in [5, 5.41) is 1.00. The van der Waals surface area contributed by atoms with Crippen molar-refractivity contribution in [3.8, 4) is 17.2 Å². The minimum atomic E-state index is 0.431. The van der Waals surface area contributed by atoms with Crippen LogP contribution in [0.25, 0.3) is 0 Å². The Hall–Kier alpha value is -1.58. The lowest BCUT2D eigenvalue weighted by atomic mass is 10.2. The van der Waals surface area contributed by atoms with E-state index in [1.807, 2.05) is 6.92 Å². The SMILES string of the molecule is CCOc1cccc(Oc2cc(Cl)ccc2Cl)c1N. The summed E-state index contributed by atoms with van der Waals surface area (Å²) in [5.74, 6) is 1.52. The monoisotopic (exact) mass is 297 g/mol. The van der Waals surface area contributed by atoms with E-state index in [9.17, 15) is 0 Å². The second kappa shape index (κ2) is 6.04. The third-order valence-electron chi connectivity index (χ3n) is 2.44. The number of para-hydroxylation sites is 1. The number of benzene rings is 2. The largest absolute Gasteiger partial charge is 0.492 e. The van der Waals surface area contributed by atoms with E-state index in [0.29, 0.717) is 39.6 Å². The first-order valence-corrected chi connectivity index (χ1v) is 6.51. The summed E-state index contributed by atoms with van der Waals surface area (Å²) in [5.41, 5.74) is 6.41. The second-order valence-corrected chi connectivity index (χ2v) is 4.62. The van der Waals surface area contributed by atoms with Crippen molar-refractivity contribution in [3.05, 3.63) is 46.4 Å². The molecule has 0 bridgehead atoms. The van der Waals surface area contributed by atoms with Crippen molar-refractivity contribution in [2.24, 2.45) is 0 Å². The number of rotatable bonds is 4. The van der Waals surface area contributed by atoms with Gasteiger partial charge in [0.25, 0.3) is 0 Å². The summed E-state index contributed by atoms with van der Waals surface area (Å²) in [6, 6.07) is 10.3. The molecule has 0 aromatic heterocycles. The molecule has 0 aliphatic heterocycles. The van der Waals surface area contributed by atoms with Crippen molar-refractivity contribution < 1.29 is 9.47 Å². The van der Waals surface area contributed by atoms with Gasteiger partial charge in [0, 0.05) is 11.1 Å². The molecule has 2 aromatic carbocycles. The summed E-state index contributed by atoms with van der Waals surface area (Å²) in [4.78, 5) is 0. The predicted octanol–water partition coefficient (Wildman–Crippen LogP) is 4.77. The number of hydrogen-bond donors (Lipinski definition) is 1. The Balaban J connectivity index is 2.33. The Morgan fingerprint density at radius 2 is 1.79 bits per heavy atom. The van der Waals surface area contributed by atoms with Crippen LogP contribution in [-0.2, 0) is 0 Å². The van der Waals surface area contributed by atoms with Crippen molar-refractivity contribution >= 4 is 28.9 Å². The van der Waals surface area contributed by atoms with Gasteiger partial charge in [-0.1, -0.05) is 29.3 Å². The van der Waals surface area contributed by atoms with E-state index in [1.165, 1.54) is 0 Å². The van der Waals surface area contributed by atoms with Crippen LogP contribution in [0.15, 0.2) is 36.4 Å². The minimum absolute atomic E-state index is 0.431. The summed E-state index contributed by atoms with van der Waals surface area (Å²) < 4.78 is 11.1. The first kappa shape index (κ1) is 13.8. The molecular formula is C14H13Cl2NO2. The highest BCUT2D eigenvalue weighted by molar-refractivity contribution is 6.34. The van der Waals surface area contributed by atoms with Crippen LogP contribution in [0.4, 0.5) is 5.69 Å². The Kier molecular flexibility index (Phi) is 4.40. The fourth-order valence-corrected chi connectivity index (χ4v) is 1.89. The second-order valence-electron chi connectivity index (χ2n) is 3.78. The van der Waals surface area contributed by atoms with Gasteiger partial charge in [0.05, 0.1) is 11.6 Å². The van der Waals surface area contributed by atoms with Gasteiger partial charge in [0.1, 0.15) is 17.2 Å². The van der Waals surface area contributed by atoms with Crippen molar-refractivity contribution in [3.63, 3.8) is 0 Å². The molecule has 2 N–H and O–H groups in total. The van der Waals surface area contributed by atoms with Gasteiger partial charge in [-0.15, -0.1) is 0 Å². The molecule has 0 atom stereocenters. The van der Waals surface area contributed by atoms with Crippen LogP contribution in [0.3, 0.4) is 0 Å². The average molecular weight is 298 g/mol. The Morgan fingerprint density at radius 3 is 2.53 bits per heavy atom. The number of halogens is 2. The molecule has 0 heterocycles. The third-order valence-corrected chi connectivity index (χ3v) is 2.99. The van der Waals surface area contributed by atoms with Crippen molar-refractivity contribution in [2.45, 2.75) is 6.92 Å². The van der Waals surface area contributed by atoms with Crippen LogP contribution in [0.5, 0.6) is 17.2 Å². The third kappa shape index (κ3) is 3.25. The van der Waals surface area contributed by atoms with Gasteiger partial charge < -0.3 is 15.2 Å². The highest BCUT2D eigenvalue weighted by Crippen LogP contribution is 2.37. The molecule has 0 amide bonds. The lowest BCUT2D eigenvalue weighted by molar-refractivity contribution is 0.340. The molecule has 0 fully saturated rings. The molecule has 19 heavy (non-hydrogen) atoms. The van der Waals surface area contributed by atoms with Crippen molar-refractivity contribution in [2.75, 3.05) is 12.3 Å². The van der Waals surface area contributed by atoms with E-state index in [0.717, 1.165) is 0 Å². The van der Waals surface area contributed by atoms with E-state index in [-0.39, 0.29) is 0 Å². The number of ether oxygens (including phenoxy) is 2. The van der Waals surface area contributed by atoms with Gasteiger partial charge in [-0.25, -0.2) is 0 Å². The van der Waals surface area contributed by atoms with Gasteiger partial charge in [0.2, 0.25) is 0 Å². The molecule has 0 spiro atoms. The van der Waals surface area contributed by atoms with Crippen LogP contribution in [-0.4, -0.2) is 6.61 Å². The molecule has 100 valence electrons. The fourth-order valence-electron chi connectivity index (χ4n) is 1.57. The number of nitrogen functional groups attached to an aromatic ring is 1. The van der Waals surface area contributed by atoms with Gasteiger partial charge in [-0.2, -0.15) is 0 Å². The molecular weight excluding hydrogens is 285 g/mol. The summed E-state index contributed by atoms with van der Waals surface area (Å²) >= 11 is 12.0. The topological polar surface area (TPSA) is 44.5 Å². The van der Waals surface area contributed by atoms with Crippen LogP contribution in [0.2, 0.25) is 10.0 Å². The zero-order valence-corrected chi connectivity index (χ0v) is 11.8. The maximum atomic E-state index is 6.04. The van der Waals surface area contributed by atoms with E-state index in [2.05, 4.69) is 0 Å². The molecule has 0 aliphatic rings. The molecule has 0 saturated heterocycles. The van der Waals surface area contributed by atoms with Crippen molar-refractivity contribution in [1.82, 2.24) is 0 Å². The fraction of sp³-hybridized carbons (Fsp3) is 0.143. The van der Waals surface area contributed by atoms with Gasteiger partial charge in [0.15, 0.2) is 5.75 Å². The molecule has 2 aromatic rings. The van der Waals surface area contributed by atoms with E-state index in [4.69, 9.17) is 38.4 Å². The molecule has 3 nitrogen and oxygen atoms in total. The molecule has 0 aliphatic carbocycles. The molecule has 0 saturated carbocycles. The normalized spacial score (nSPS) is 10.3. The zero-order chi connectivity index (χ0) is 13.8. The van der Waals surface area contributed by atoms with E-state index >= 15 is 0 Å². The molecule has 2 rings (SSSR count). The standard InChI is InChI=1S/C14H13Cl2NO2/c1-2-18-11-4-3-5-12(14(11)17)19-13-8-9(15)6-7-10(13)16/h3-8H,2,17H2,1H3. The quantitative estimate of drug-likeness (QED) is 0.827. The average Bonchev–Trinajstić information content (AvgIpc) is 2.39. The number of nitrogens with two attached hydrogens (primary N) is 1. The lowest BCUT2D eigenvalue weighted by Crippen LogP contribution is -1.99. The number of hydrogen-bond acceptors (Lipinski definition) is 3. The predicted molar refractivity (Wildman–Crippen MR) is 78.6 cm³/mol. The maximum absolute atomic E-state index is 6.04. The lowest BCUT2D eigenvalue weighted by Gasteiger charge is -2.13. The highest BCUT2D eigenvalue weighted by Gasteiger charge is 2.10. The Bertz CT molecular complexity index is 588. The van der Waals surface area contributed by atoms with Crippen LogP contribution in [0, 0.1) is 0 Å². The number of anilines is 1. The first-order chi connectivity index (χ1) is 9.11. The Labute approximate surface area is 121 Å². The Morgan fingerprint density at radius 1 is 1.05 bits per heavy atom. The zero-order valence-electron chi connectivity index (χ0n) is 10.3. The smallest absolute Gasteiger partial charge is 0.154 e. The molecule has 0 radical (unpaired) electrons. The maximum Gasteiger partial charge on any atom is 0.154 e. The van der Waals surface area contributed by atoms with Crippen LogP contribution in [0.1, 0.15) is 6.92 Å². The van der Waals surface area contributed by atoms with Gasteiger partial charge in [-0.3, -0.25) is 0 Å².